The van der Waals surface area contributed by atoms with E-state index in [0.717, 1.165) is 16.7 Å². The third kappa shape index (κ3) is 6.82. The van der Waals surface area contributed by atoms with E-state index in [0.29, 0.717) is 23.1 Å². The van der Waals surface area contributed by atoms with E-state index in [-0.39, 0.29) is 30.6 Å². The average molecular weight is 589 g/mol. The maximum atomic E-state index is 12.9. The number of likely N-dealkylation sites (N-methyl/N-ethyl adjacent to an activating group) is 1. The zero-order valence-corrected chi connectivity index (χ0v) is 22.9. The zero-order chi connectivity index (χ0) is 28.3. The fourth-order valence-corrected chi connectivity index (χ4v) is 5.96. The molecule has 1 aliphatic rings. The molecule has 11 nitrogen and oxygen atoms in total. The number of aliphatic hydroxyl groups is 2. The fourth-order valence-electron chi connectivity index (χ4n) is 4.32. The van der Waals surface area contributed by atoms with E-state index in [4.69, 9.17) is 39.4 Å². The maximum Gasteiger partial charge on any atom is 0.252 e. The van der Waals surface area contributed by atoms with Crippen LogP contribution in [0, 0.1) is 0 Å². The van der Waals surface area contributed by atoms with Gasteiger partial charge in [0.15, 0.2) is 11.7 Å². The van der Waals surface area contributed by atoms with Crippen LogP contribution in [-0.2, 0) is 30.9 Å². The van der Waals surface area contributed by atoms with E-state index in [2.05, 4.69) is 9.62 Å². The summed E-state index contributed by atoms with van der Waals surface area (Å²) in [6, 6.07) is 10.1. The van der Waals surface area contributed by atoms with Crippen LogP contribution in [0.5, 0.6) is 0 Å². The average Bonchev–Trinajstić information content (AvgIpc) is 2.85. The lowest BCUT2D eigenvalue weighted by Gasteiger charge is -2.33. The smallest absolute Gasteiger partial charge is 0.252 e. The van der Waals surface area contributed by atoms with Gasteiger partial charge in [-0.1, -0.05) is 35.3 Å². The van der Waals surface area contributed by atoms with Gasteiger partial charge >= 0.3 is 0 Å². The zero-order valence-electron chi connectivity index (χ0n) is 20.6. The van der Waals surface area contributed by atoms with Gasteiger partial charge in [-0.3, -0.25) is 9.59 Å². The Morgan fingerprint density at radius 1 is 1.24 bits per heavy atom. The van der Waals surface area contributed by atoms with Gasteiger partial charge < -0.3 is 31.3 Å². The number of ether oxygens (including phenoxy) is 1. The first-order chi connectivity index (χ1) is 17.8. The van der Waals surface area contributed by atoms with E-state index in [1.54, 1.807) is 18.2 Å². The van der Waals surface area contributed by atoms with Gasteiger partial charge in [-0.2, -0.15) is 0 Å². The van der Waals surface area contributed by atoms with Crippen LogP contribution in [0.1, 0.15) is 29.0 Å². The summed E-state index contributed by atoms with van der Waals surface area (Å²) in [6.07, 6.45) is -2.73. The molecular weight excluding hydrogens is 559 g/mol. The van der Waals surface area contributed by atoms with Crippen LogP contribution in [-0.4, -0.2) is 80.4 Å². The highest BCUT2D eigenvalue weighted by atomic mass is 35.5. The lowest BCUT2D eigenvalue weighted by molar-refractivity contribution is -0.161. The Balaban J connectivity index is 1.64. The molecule has 0 saturated heterocycles. The van der Waals surface area contributed by atoms with Crippen LogP contribution in [0.2, 0.25) is 10.0 Å². The van der Waals surface area contributed by atoms with Gasteiger partial charge in [-0.05, 0) is 48.0 Å². The molecule has 0 bridgehead atoms. The molecule has 2 aromatic rings. The van der Waals surface area contributed by atoms with Crippen molar-refractivity contribution in [3.05, 3.63) is 63.1 Å². The molecule has 0 saturated carbocycles. The molecule has 208 valence electrons. The van der Waals surface area contributed by atoms with Crippen molar-refractivity contribution in [2.75, 3.05) is 33.4 Å². The number of fused-ring (bicyclic) bond motifs is 1. The van der Waals surface area contributed by atoms with Crippen molar-refractivity contribution >= 4 is 45.0 Å². The molecule has 3 atom stereocenters. The van der Waals surface area contributed by atoms with Crippen molar-refractivity contribution in [1.29, 1.82) is 0 Å². The van der Waals surface area contributed by atoms with Crippen molar-refractivity contribution < 1.29 is 33.0 Å². The second-order valence-corrected chi connectivity index (χ2v) is 11.7. The number of nitrogens with one attached hydrogen (secondary N) is 1. The number of aliphatic hydroxyl groups excluding tert-OH is 1. The van der Waals surface area contributed by atoms with Crippen LogP contribution in [0.3, 0.4) is 0 Å². The Bertz CT molecular complexity index is 1310. The molecule has 2 unspecified atom stereocenters. The fraction of sp³-hybridized carbons (Fsp3) is 0.417. The number of rotatable bonds is 12. The van der Waals surface area contributed by atoms with Gasteiger partial charge in [-0.25, -0.2) is 13.1 Å². The number of primary amides is 2. The number of carbonyl (C=O) groups excluding carboxylic acids is 2. The Labute approximate surface area is 230 Å². The topological polar surface area (TPSA) is 185 Å². The van der Waals surface area contributed by atoms with E-state index >= 15 is 0 Å². The first-order valence-electron chi connectivity index (χ1n) is 11.6. The van der Waals surface area contributed by atoms with Crippen LogP contribution in [0.15, 0.2) is 41.3 Å². The molecule has 7 N–H and O–H groups in total. The molecular formula is C24H30Cl2N4O7S. The molecule has 0 aliphatic carbocycles. The SMILES string of the molecule is CN1Cc2c(Cl)cc(Cl)cc2[C@H](c2cccc(S(=O)(=O)NCCOCCC(O)(C(N)=O)C(O)C(N)=O)c2)C1. The van der Waals surface area contributed by atoms with Gasteiger partial charge in [0.05, 0.1) is 18.1 Å². The molecule has 14 heteroatoms. The number of amides is 2. The van der Waals surface area contributed by atoms with Crippen molar-refractivity contribution in [2.45, 2.75) is 35.5 Å². The minimum atomic E-state index is -3.90. The number of hydrogen-bond acceptors (Lipinski definition) is 8. The van der Waals surface area contributed by atoms with Gasteiger partial charge in [0, 0.05) is 42.0 Å². The van der Waals surface area contributed by atoms with Gasteiger partial charge in [0.25, 0.3) is 5.91 Å². The molecule has 0 spiro atoms. The molecule has 1 aliphatic heterocycles. The Kier molecular flexibility index (Phi) is 9.76. The van der Waals surface area contributed by atoms with Gasteiger partial charge in [-0.15, -0.1) is 0 Å². The summed E-state index contributed by atoms with van der Waals surface area (Å²) in [7, 11) is -1.94. The van der Waals surface area contributed by atoms with Crippen LogP contribution in [0.4, 0.5) is 0 Å². The highest BCUT2D eigenvalue weighted by molar-refractivity contribution is 7.89. The number of halogens is 2. The standard InChI is InChI=1S/C24H30Cl2N4O7S/c1-30-12-18(17-10-15(25)11-20(26)19(17)13-30)14-3-2-4-16(9-14)38(35,36)29-6-8-37-7-5-24(34,23(28)33)21(31)22(27)32/h2-4,9-11,18,21,29,31,34H,5-8,12-13H2,1H3,(H2,27,32)(H2,28,33)/t18-,21?,24?/m0/s1. The van der Waals surface area contributed by atoms with Crippen molar-refractivity contribution in [1.82, 2.24) is 9.62 Å². The largest absolute Gasteiger partial charge is 0.380 e. The molecule has 38 heavy (non-hydrogen) atoms. The monoisotopic (exact) mass is 588 g/mol. The molecule has 0 radical (unpaired) electrons. The maximum absolute atomic E-state index is 12.9. The highest BCUT2D eigenvalue weighted by Crippen LogP contribution is 2.38. The second-order valence-electron chi connectivity index (χ2n) is 9.13. The molecule has 2 aromatic carbocycles. The first-order valence-corrected chi connectivity index (χ1v) is 13.8. The number of carbonyl (C=O) groups is 2. The molecule has 0 aromatic heterocycles. The van der Waals surface area contributed by atoms with Crippen LogP contribution < -0.4 is 16.2 Å². The van der Waals surface area contributed by atoms with Crippen molar-refractivity contribution in [3.63, 3.8) is 0 Å². The number of sulfonamides is 1. The summed E-state index contributed by atoms with van der Waals surface area (Å²) in [4.78, 5) is 24.8. The molecule has 3 rings (SSSR count). The first kappa shape index (κ1) is 30.3. The summed E-state index contributed by atoms with van der Waals surface area (Å²) in [5, 5.41) is 20.9. The third-order valence-corrected chi connectivity index (χ3v) is 8.39. The summed E-state index contributed by atoms with van der Waals surface area (Å²) >= 11 is 12.7. The number of hydrogen-bond donors (Lipinski definition) is 5. The predicted molar refractivity (Wildman–Crippen MR) is 141 cm³/mol. The van der Waals surface area contributed by atoms with Crippen LogP contribution >= 0.6 is 23.2 Å². The minimum absolute atomic E-state index is 0.0607. The Hall–Kier alpha value is -2.29. The molecule has 1 heterocycles. The van der Waals surface area contributed by atoms with Crippen molar-refractivity contribution in [2.24, 2.45) is 11.5 Å². The third-order valence-electron chi connectivity index (χ3n) is 6.38. The molecule has 0 fully saturated rings. The number of nitrogens with zero attached hydrogens (tertiary/aromatic N) is 1. The number of benzene rings is 2. The number of nitrogens with two attached hydrogens (primary N) is 2. The minimum Gasteiger partial charge on any atom is -0.380 e. The second kappa shape index (κ2) is 12.3. The predicted octanol–water partition coefficient (Wildman–Crippen LogP) is 0.318. The van der Waals surface area contributed by atoms with Crippen molar-refractivity contribution in [3.8, 4) is 0 Å². The lowest BCUT2D eigenvalue weighted by atomic mass is 9.85. The normalized spacial score (nSPS) is 18.4. The summed E-state index contributed by atoms with van der Waals surface area (Å²) < 4.78 is 33.5. The van der Waals surface area contributed by atoms with E-state index in [1.165, 1.54) is 6.07 Å². The lowest BCUT2D eigenvalue weighted by Crippen LogP contribution is -2.58. The van der Waals surface area contributed by atoms with Gasteiger partial charge in [0.2, 0.25) is 15.9 Å². The Morgan fingerprint density at radius 2 is 1.95 bits per heavy atom. The van der Waals surface area contributed by atoms with E-state index in [1.807, 2.05) is 19.2 Å². The summed E-state index contributed by atoms with van der Waals surface area (Å²) in [5.41, 5.74) is 10.1. The molecule has 2 amide bonds. The van der Waals surface area contributed by atoms with E-state index in [9.17, 15) is 28.2 Å². The van der Waals surface area contributed by atoms with Crippen LogP contribution in [0.25, 0.3) is 0 Å². The van der Waals surface area contributed by atoms with Gasteiger partial charge in [0.1, 0.15) is 0 Å². The van der Waals surface area contributed by atoms with E-state index < -0.39 is 40.0 Å². The summed E-state index contributed by atoms with van der Waals surface area (Å²) in [5.74, 6) is -2.81. The summed E-state index contributed by atoms with van der Waals surface area (Å²) in [6.45, 7) is 0.745. The highest BCUT2D eigenvalue weighted by Gasteiger charge is 2.44. The Morgan fingerprint density at radius 3 is 2.61 bits per heavy atom. The quantitative estimate of drug-likeness (QED) is 0.219.